The highest BCUT2D eigenvalue weighted by molar-refractivity contribution is 5.39. The first-order valence-corrected chi connectivity index (χ1v) is 11.1. The summed E-state index contributed by atoms with van der Waals surface area (Å²) in [5.41, 5.74) is 2.10. The van der Waals surface area contributed by atoms with Crippen LogP contribution in [0.25, 0.3) is 5.69 Å². The van der Waals surface area contributed by atoms with Crippen molar-refractivity contribution < 1.29 is 18.6 Å². The number of halogens is 2. The first kappa shape index (κ1) is 24.2. The summed E-state index contributed by atoms with van der Waals surface area (Å²) >= 11 is 0. The fourth-order valence-corrected chi connectivity index (χ4v) is 3.74. The number of nitrogens with one attached hydrogen (secondary N) is 2. The Labute approximate surface area is 201 Å². The molecule has 2 unspecified atom stereocenters. The highest BCUT2D eigenvalue weighted by Gasteiger charge is 2.23. The zero-order chi connectivity index (χ0) is 24.6. The van der Waals surface area contributed by atoms with Gasteiger partial charge in [0, 0.05) is 19.2 Å². The lowest BCUT2D eigenvalue weighted by Crippen LogP contribution is -2.42. The highest BCUT2D eigenvalue weighted by atomic mass is 19.1. The van der Waals surface area contributed by atoms with Gasteiger partial charge >= 0.3 is 0 Å². The van der Waals surface area contributed by atoms with Crippen molar-refractivity contribution in [3.63, 3.8) is 0 Å². The van der Waals surface area contributed by atoms with Crippen molar-refractivity contribution in [2.24, 2.45) is 0 Å². The minimum absolute atomic E-state index is 0.137. The van der Waals surface area contributed by atoms with Gasteiger partial charge in [0.25, 0.3) is 0 Å². The molecule has 3 N–H and O–H groups in total. The lowest BCUT2D eigenvalue weighted by Gasteiger charge is -2.25. The normalized spacial score (nSPS) is 12.8. The molecule has 2 atom stereocenters. The molecule has 0 aliphatic rings. The van der Waals surface area contributed by atoms with Crippen molar-refractivity contribution in [2.45, 2.75) is 25.1 Å². The second kappa shape index (κ2) is 11.5. The van der Waals surface area contributed by atoms with E-state index in [9.17, 15) is 13.9 Å². The standard InChI is InChI=1S/C25H26F2N6O2/c1-35-22-9-5-6-17(12-22)15-28-16-24(34)23(13-18-10-19(26)14-20(27)11-18)29-25-30-31-32-33(25)21-7-3-2-4-8-21/h2-12,14,23-24,28,34H,13,15-16H2,1H3,(H,29,30,32). The molecule has 0 saturated heterocycles. The van der Waals surface area contributed by atoms with Crippen LogP contribution in [0, 0.1) is 11.6 Å². The number of ether oxygens (including phenoxy) is 1. The van der Waals surface area contributed by atoms with Gasteiger partial charge in [-0.15, -0.1) is 0 Å². The average molecular weight is 481 g/mol. The molecule has 0 radical (unpaired) electrons. The van der Waals surface area contributed by atoms with E-state index >= 15 is 0 Å². The Hall–Kier alpha value is -3.89. The Morgan fingerprint density at radius 2 is 1.74 bits per heavy atom. The summed E-state index contributed by atoms with van der Waals surface area (Å²) in [4.78, 5) is 0. The molecule has 0 spiro atoms. The molecular formula is C25H26F2N6O2. The molecule has 1 heterocycles. The maximum atomic E-state index is 13.8. The molecule has 0 amide bonds. The van der Waals surface area contributed by atoms with E-state index in [2.05, 4.69) is 26.2 Å². The van der Waals surface area contributed by atoms with Gasteiger partial charge in [-0.2, -0.15) is 4.68 Å². The maximum Gasteiger partial charge on any atom is 0.248 e. The summed E-state index contributed by atoms with van der Waals surface area (Å²) < 4.78 is 34.4. The minimum atomic E-state index is -0.937. The number of aliphatic hydroxyl groups excluding tert-OH is 1. The van der Waals surface area contributed by atoms with E-state index in [1.807, 2.05) is 54.6 Å². The number of aromatic nitrogens is 4. The van der Waals surface area contributed by atoms with Crippen LogP contribution in [0.5, 0.6) is 5.75 Å². The summed E-state index contributed by atoms with van der Waals surface area (Å²) in [7, 11) is 1.60. The molecule has 3 aromatic carbocycles. The van der Waals surface area contributed by atoms with E-state index in [0.29, 0.717) is 18.1 Å². The number of aliphatic hydroxyl groups is 1. The number of hydrogen-bond acceptors (Lipinski definition) is 7. The van der Waals surface area contributed by atoms with E-state index in [1.165, 1.54) is 16.8 Å². The summed E-state index contributed by atoms with van der Waals surface area (Å²) in [6.07, 6.45) is -0.800. The van der Waals surface area contributed by atoms with Crippen LogP contribution in [0.3, 0.4) is 0 Å². The topological polar surface area (TPSA) is 97.1 Å². The SMILES string of the molecule is COc1cccc(CNCC(O)C(Cc2cc(F)cc(F)c2)Nc2nnnn2-c2ccccc2)c1. The van der Waals surface area contributed by atoms with Crippen LogP contribution in [0.4, 0.5) is 14.7 Å². The number of anilines is 1. The van der Waals surface area contributed by atoms with Crippen molar-refractivity contribution in [3.05, 3.63) is 95.6 Å². The fourth-order valence-electron chi connectivity index (χ4n) is 3.74. The van der Waals surface area contributed by atoms with Crippen LogP contribution < -0.4 is 15.4 Å². The van der Waals surface area contributed by atoms with Crippen LogP contribution in [0.15, 0.2) is 72.8 Å². The zero-order valence-corrected chi connectivity index (χ0v) is 19.1. The van der Waals surface area contributed by atoms with Gasteiger partial charge in [0.15, 0.2) is 0 Å². The quantitative estimate of drug-likeness (QED) is 0.304. The monoisotopic (exact) mass is 480 g/mol. The summed E-state index contributed by atoms with van der Waals surface area (Å²) in [5, 5.41) is 29.2. The predicted molar refractivity (Wildman–Crippen MR) is 127 cm³/mol. The molecule has 4 rings (SSSR count). The van der Waals surface area contributed by atoms with Crippen molar-refractivity contribution in [1.29, 1.82) is 0 Å². The Bertz CT molecular complexity index is 1220. The number of rotatable bonds is 11. The van der Waals surface area contributed by atoms with Gasteiger partial charge in [0.05, 0.1) is 24.9 Å². The van der Waals surface area contributed by atoms with Crippen molar-refractivity contribution >= 4 is 5.95 Å². The molecule has 0 saturated carbocycles. The van der Waals surface area contributed by atoms with Crippen LogP contribution in [0.1, 0.15) is 11.1 Å². The average Bonchev–Trinajstić information content (AvgIpc) is 3.32. The van der Waals surface area contributed by atoms with Crippen LogP contribution in [0.2, 0.25) is 0 Å². The van der Waals surface area contributed by atoms with Gasteiger partial charge < -0.3 is 20.5 Å². The molecule has 8 nitrogen and oxygen atoms in total. The predicted octanol–water partition coefficient (Wildman–Crippen LogP) is 3.12. The zero-order valence-electron chi connectivity index (χ0n) is 19.1. The molecule has 35 heavy (non-hydrogen) atoms. The molecule has 0 bridgehead atoms. The summed E-state index contributed by atoms with van der Waals surface area (Å²) in [6, 6.07) is 19.5. The molecule has 0 aliphatic heterocycles. The Balaban J connectivity index is 1.50. The third kappa shape index (κ3) is 6.58. The van der Waals surface area contributed by atoms with Crippen LogP contribution in [-0.2, 0) is 13.0 Å². The van der Waals surface area contributed by atoms with E-state index in [4.69, 9.17) is 4.74 Å². The van der Waals surface area contributed by atoms with Gasteiger partial charge in [-0.1, -0.05) is 35.4 Å². The minimum Gasteiger partial charge on any atom is -0.497 e. The van der Waals surface area contributed by atoms with Gasteiger partial charge in [-0.25, -0.2) is 8.78 Å². The number of hydrogen-bond donors (Lipinski definition) is 3. The number of methoxy groups -OCH3 is 1. The molecule has 10 heteroatoms. The summed E-state index contributed by atoms with van der Waals surface area (Å²) in [5.74, 6) is -0.327. The van der Waals surface area contributed by atoms with Crippen molar-refractivity contribution in [2.75, 3.05) is 19.0 Å². The number of benzene rings is 3. The summed E-state index contributed by atoms with van der Waals surface area (Å²) in [6.45, 7) is 0.705. The molecular weight excluding hydrogens is 454 g/mol. The third-order valence-corrected chi connectivity index (χ3v) is 5.44. The van der Waals surface area contributed by atoms with Gasteiger partial charge in [-0.05, 0) is 64.4 Å². The number of para-hydroxylation sites is 1. The van der Waals surface area contributed by atoms with Crippen LogP contribution in [-0.4, -0.2) is 51.1 Å². The Morgan fingerprint density at radius 3 is 2.49 bits per heavy atom. The lowest BCUT2D eigenvalue weighted by atomic mass is 10.0. The van der Waals surface area contributed by atoms with E-state index < -0.39 is 23.8 Å². The Kier molecular flexibility index (Phi) is 7.96. The largest absolute Gasteiger partial charge is 0.497 e. The highest BCUT2D eigenvalue weighted by Crippen LogP contribution is 2.17. The van der Waals surface area contributed by atoms with E-state index in [0.717, 1.165) is 23.1 Å². The van der Waals surface area contributed by atoms with E-state index in [-0.39, 0.29) is 13.0 Å². The lowest BCUT2D eigenvalue weighted by molar-refractivity contribution is 0.148. The van der Waals surface area contributed by atoms with Crippen LogP contribution >= 0.6 is 0 Å². The van der Waals surface area contributed by atoms with Crippen molar-refractivity contribution in [3.8, 4) is 11.4 Å². The second-order valence-electron chi connectivity index (χ2n) is 8.03. The number of nitrogens with zero attached hydrogens (tertiary/aromatic N) is 4. The van der Waals surface area contributed by atoms with E-state index in [1.54, 1.807) is 7.11 Å². The molecule has 0 aliphatic carbocycles. The third-order valence-electron chi connectivity index (χ3n) is 5.44. The molecule has 0 fully saturated rings. The second-order valence-corrected chi connectivity index (χ2v) is 8.03. The first-order chi connectivity index (χ1) is 17.0. The van der Waals surface area contributed by atoms with Gasteiger partial charge in [-0.3, -0.25) is 0 Å². The molecule has 1 aromatic heterocycles. The van der Waals surface area contributed by atoms with Gasteiger partial charge in [0.2, 0.25) is 5.95 Å². The fraction of sp³-hybridized carbons (Fsp3) is 0.240. The number of tetrazole rings is 1. The van der Waals surface area contributed by atoms with Gasteiger partial charge in [0.1, 0.15) is 17.4 Å². The smallest absolute Gasteiger partial charge is 0.248 e. The molecule has 182 valence electrons. The van der Waals surface area contributed by atoms with Crippen molar-refractivity contribution in [1.82, 2.24) is 25.5 Å². The maximum absolute atomic E-state index is 13.8. The molecule has 4 aromatic rings. The Morgan fingerprint density at radius 1 is 0.971 bits per heavy atom. The first-order valence-electron chi connectivity index (χ1n) is 11.1.